The van der Waals surface area contributed by atoms with Crippen LogP contribution in [-0.2, 0) is 19.3 Å². The highest BCUT2D eigenvalue weighted by Gasteiger charge is 2.30. The maximum Gasteiger partial charge on any atom is 0.416 e. The number of rotatable bonds is 3. The van der Waals surface area contributed by atoms with Crippen LogP contribution in [0.3, 0.4) is 0 Å². The lowest BCUT2D eigenvalue weighted by atomic mass is 10.1. The molecule has 0 spiro atoms. The van der Waals surface area contributed by atoms with E-state index in [0.717, 1.165) is 12.1 Å². The number of alkyl halides is 3. The van der Waals surface area contributed by atoms with E-state index in [1.54, 1.807) is 0 Å². The Balaban J connectivity index is 2.46. The highest BCUT2D eigenvalue weighted by atomic mass is 19.4. The Morgan fingerprint density at radius 3 is 2.40 bits per heavy atom. The van der Waals surface area contributed by atoms with Gasteiger partial charge < -0.3 is 5.73 Å². The van der Waals surface area contributed by atoms with E-state index in [1.807, 2.05) is 6.07 Å². The minimum Gasteiger partial charge on any atom is -0.325 e. The van der Waals surface area contributed by atoms with Crippen LogP contribution in [0.2, 0.25) is 0 Å². The molecule has 5 nitrogen and oxygen atoms in total. The van der Waals surface area contributed by atoms with E-state index in [4.69, 9.17) is 11.0 Å². The molecule has 0 aliphatic carbocycles. The molecule has 0 atom stereocenters. The molecule has 0 saturated heterocycles. The summed E-state index contributed by atoms with van der Waals surface area (Å²) >= 11 is 0. The molecule has 1 aromatic carbocycles. The molecule has 1 heterocycles. The lowest BCUT2D eigenvalue weighted by Crippen LogP contribution is -2.06. The van der Waals surface area contributed by atoms with Crippen LogP contribution in [0.4, 0.5) is 13.2 Å². The monoisotopic (exact) mass is 281 g/mol. The van der Waals surface area contributed by atoms with Crippen LogP contribution >= 0.6 is 0 Å². The predicted octanol–water partition coefficient (Wildman–Crippen LogP) is 1.95. The summed E-state index contributed by atoms with van der Waals surface area (Å²) in [4.78, 5) is 0. The molecule has 0 fully saturated rings. The summed E-state index contributed by atoms with van der Waals surface area (Å²) in [6.45, 7) is 0.0329. The Bertz CT molecular complexity index is 637. The number of halogens is 3. The average molecular weight is 281 g/mol. The quantitative estimate of drug-likeness (QED) is 0.932. The number of nitrogens with zero attached hydrogens (tertiary/aromatic N) is 4. The van der Waals surface area contributed by atoms with Crippen molar-refractivity contribution in [3.05, 3.63) is 35.5 Å². The average Bonchev–Trinajstić information content (AvgIpc) is 2.81. The molecule has 0 saturated carbocycles. The first-order valence-electron chi connectivity index (χ1n) is 5.64. The summed E-state index contributed by atoms with van der Waals surface area (Å²) < 4.78 is 38.9. The minimum atomic E-state index is -4.39. The van der Waals surface area contributed by atoms with Crippen molar-refractivity contribution in [1.82, 2.24) is 15.0 Å². The van der Waals surface area contributed by atoms with Crippen LogP contribution in [0.25, 0.3) is 11.3 Å². The van der Waals surface area contributed by atoms with Crippen molar-refractivity contribution in [2.75, 3.05) is 0 Å². The van der Waals surface area contributed by atoms with E-state index in [1.165, 1.54) is 16.8 Å². The smallest absolute Gasteiger partial charge is 0.325 e. The standard InChI is InChI=1S/C12H10F3N5/c13-12(14,15)9-3-1-8(2-4-9)11-10(7-17)18-19-20(11)6-5-16/h1-4H,6-7,17H2. The van der Waals surface area contributed by atoms with Gasteiger partial charge in [-0.1, -0.05) is 17.3 Å². The molecule has 1 aromatic heterocycles. The second-order valence-electron chi connectivity index (χ2n) is 3.98. The van der Waals surface area contributed by atoms with E-state index in [9.17, 15) is 13.2 Å². The van der Waals surface area contributed by atoms with E-state index in [-0.39, 0.29) is 13.1 Å². The van der Waals surface area contributed by atoms with Gasteiger partial charge in [-0.2, -0.15) is 18.4 Å². The van der Waals surface area contributed by atoms with Gasteiger partial charge in [0.25, 0.3) is 0 Å². The molecule has 2 rings (SSSR count). The fourth-order valence-electron chi connectivity index (χ4n) is 1.80. The number of nitrogens with two attached hydrogens (primary N) is 1. The first-order chi connectivity index (χ1) is 9.47. The maximum atomic E-state index is 12.5. The molecular weight excluding hydrogens is 271 g/mol. The molecule has 0 aliphatic heterocycles. The number of hydrogen-bond acceptors (Lipinski definition) is 4. The molecule has 2 aromatic rings. The van der Waals surface area contributed by atoms with Gasteiger partial charge in [0.05, 0.1) is 17.3 Å². The molecule has 20 heavy (non-hydrogen) atoms. The summed E-state index contributed by atoms with van der Waals surface area (Å²) in [7, 11) is 0. The Labute approximate surface area is 112 Å². The Kier molecular flexibility index (Phi) is 3.72. The number of benzene rings is 1. The van der Waals surface area contributed by atoms with Crippen molar-refractivity contribution >= 4 is 0 Å². The minimum absolute atomic E-state index is 0.0522. The molecule has 104 valence electrons. The zero-order chi connectivity index (χ0) is 14.8. The van der Waals surface area contributed by atoms with Crippen LogP contribution in [0.1, 0.15) is 11.3 Å². The Morgan fingerprint density at radius 1 is 1.25 bits per heavy atom. The third-order valence-corrected chi connectivity index (χ3v) is 2.70. The van der Waals surface area contributed by atoms with Crippen LogP contribution in [0.15, 0.2) is 24.3 Å². The summed E-state index contributed by atoms with van der Waals surface area (Å²) in [5.41, 5.74) is 6.15. The number of hydrogen-bond donors (Lipinski definition) is 1. The lowest BCUT2D eigenvalue weighted by molar-refractivity contribution is -0.137. The normalized spacial score (nSPS) is 11.3. The van der Waals surface area contributed by atoms with E-state index in [0.29, 0.717) is 17.0 Å². The first kappa shape index (κ1) is 14.0. The van der Waals surface area contributed by atoms with Crippen LogP contribution in [0, 0.1) is 11.3 Å². The van der Waals surface area contributed by atoms with E-state index in [2.05, 4.69) is 10.3 Å². The Hall–Kier alpha value is -2.40. The van der Waals surface area contributed by atoms with E-state index < -0.39 is 11.7 Å². The van der Waals surface area contributed by atoms with Gasteiger partial charge in [-0.3, -0.25) is 0 Å². The maximum absolute atomic E-state index is 12.5. The second-order valence-corrected chi connectivity index (χ2v) is 3.98. The molecule has 8 heteroatoms. The van der Waals surface area contributed by atoms with Gasteiger partial charge in [-0.15, -0.1) is 5.10 Å². The molecule has 2 N–H and O–H groups in total. The molecule has 0 aliphatic rings. The predicted molar refractivity (Wildman–Crippen MR) is 64.0 cm³/mol. The van der Waals surface area contributed by atoms with Crippen molar-refractivity contribution in [3.63, 3.8) is 0 Å². The third kappa shape index (κ3) is 2.62. The highest BCUT2D eigenvalue weighted by molar-refractivity contribution is 5.62. The van der Waals surface area contributed by atoms with Gasteiger partial charge in [-0.05, 0) is 12.1 Å². The lowest BCUT2D eigenvalue weighted by Gasteiger charge is -2.08. The number of aromatic nitrogens is 3. The van der Waals surface area contributed by atoms with Crippen molar-refractivity contribution in [2.24, 2.45) is 5.73 Å². The zero-order valence-corrected chi connectivity index (χ0v) is 10.2. The van der Waals surface area contributed by atoms with Gasteiger partial charge in [0, 0.05) is 12.1 Å². The highest BCUT2D eigenvalue weighted by Crippen LogP contribution is 2.31. The molecule has 0 amide bonds. The van der Waals surface area contributed by atoms with Gasteiger partial charge in [0.1, 0.15) is 12.2 Å². The molecular formula is C12H10F3N5. The molecule has 0 radical (unpaired) electrons. The first-order valence-corrected chi connectivity index (χ1v) is 5.64. The SMILES string of the molecule is N#CCn1nnc(CN)c1-c1ccc(C(F)(F)F)cc1. The van der Waals surface area contributed by atoms with Crippen molar-refractivity contribution in [1.29, 1.82) is 5.26 Å². The van der Waals surface area contributed by atoms with E-state index >= 15 is 0 Å². The fraction of sp³-hybridized carbons (Fsp3) is 0.250. The zero-order valence-electron chi connectivity index (χ0n) is 10.2. The van der Waals surface area contributed by atoms with Gasteiger partial charge in [0.2, 0.25) is 0 Å². The molecule has 0 bridgehead atoms. The fourth-order valence-corrected chi connectivity index (χ4v) is 1.80. The van der Waals surface area contributed by atoms with Crippen LogP contribution < -0.4 is 5.73 Å². The summed E-state index contributed by atoms with van der Waals surface area (Å²) in [5, 5.41) is 16.3. The van der Waals surface area contributed by atoms with Crippen LogP contribution in [0.5, 0.6) is 0 Å². The summed E-state index contributed by atoms with van der Waals surface area (Å²) in [6, 6.07) is 6.48. The largest absolute Gasteiger partial charge is 0.416 e. The summed E-state index contributed by atoms with van der Waals surface area (Å²) in [5.74, 6) is 0. The third-order valence-electron chi connectivity index (χ3n) is 2.70. The molecule has 0 unspecified atom stereocenters. The summed E-state index contributed by atoms with van der Waals surface area (Å²) in [6.07, 6.45) is -4.39. The Morgan fingerprint density at radius 2 is 1.90 bits per heavy atom. The number of nitriles is 1. The van der Waals surface area contributed by atoms with Crippen molar-refractivity contribution in [3.8, 4) is 17.3 Å². The van der Waals surface area contributed by atoms with Crippen LogP contribution in [-0.4, -0.2) is 15.0 Å². The topological polar surface area (TPSA) is 80.5 Å². The van der Waals surface area contributed by atoms with Crippen molar-refractivity contribution in [2.45, 2.75) is 19.3 Å². The second kappa shape index (κ2) is 5.30. The van der Waals surface area contributed by atoms with Gasteiger partial charge >= 0.3 is 6.18 Å². The van der Waals surface area contributed by atoms with Crippen molar-refractivity contribution < 1.29 is 13.2 Å². The van der Waals surface area contributed by atoms with Gasteiger partial charge in [0.15, 0.2) is 0 Å². The van der Waals surface area contributed by atoms with Gasteiger partial charge in [-0.25, -0.2) is 4.68 Å².